The van der Waals surface area contributed by atoms with Crippen LogP contribution in [-0.2, 0) is 10.3 Å². The van der Waals surface area contributed by atoms with Gasteiger partial charge in [0.05, 0.1) is 11.7 Å². The topological polar surface area (TPSA) is 67.1 Å². The summed E-state index contributed by atoms with van der Waals surface area (Å²) < 4.78 is 7.30. The van der Waals surface area contributed by atoms with Crippen LogP contribution in [-0.4, -0.2) is 44.2 Å². The fourth-order valence-corrected chi connectivity index (χ4v) is 2.90. The average Bonchev–Trinajstić information content (AvgIpc) is 2.90. The Bertz CT molecular complexity index is 709. The smallest absolute Gasteiger partial charge is 0.410 e. The summed E-state index contributed by atoms with van der Waals surface area (Å²) in [5.41, 5.74) is -0.582. The van der Waals surface area contributed by atoms with E-state index < -0.39 is 11.2 Å². The molecule has 23 heavy (non-hydrogen) atoms. The lowest BCUT2D eigenvalue weighted by Crippen LogP contribution is -2.47. The molecule has 1 aliphatic rings. The molecule has 0 aromatic carbocycles. The number of amides is 1. The summed E-state index contributed by atoms with van der Waals surface area (Å²) in [6, 6.07) is 5.81. The molecule has 0 aliphatic carbocycles. The first-order valence-corrected chi connectivity index (χ1v) is 7.91. The molecule has 0 saturated carbocycles. The number of carbonyl (C=O) groups is 1. The molecule has 6 heteroatoms. The predicted octanol–water partition coefficient (Wildman–Crippen LogP) is 2.55. The number of hydrogen-bond donors (Lipinski definition) is 1. The van der Waals surface area contributed by atoms with Crippen molar-refractivity contribution in [1.29, 1.82) is 0 Å². The van der Waals surface area contributed by atoms with Crippen molar-refractivity contribution < 1.29 is 14.6 Å². The number of piperidine rings is 1. The molecule has 2 aromatic heterocycles. The Balaban J connectivity index is 1.74. The van der Waals surface area contributed by atoms with Crippen LogP contribution in [0.5, 0.6) is 0 Å². The van der Waals surface area contributed by atoms with Crippen molar-refractivity contribution >= 4 is 11.6 Å². The van der Waals surface area contributed by atoms with Gasteiger partial charge in [0.1, 0.15) is 17.0 Å². The van der Waals surface area contributed by atoms with Crippen LogP contribution in [0, 0.1) is 0 Å². The van der Waals surface area contributed by atoms with Gasteiger partial charge in [0.2, 0.25) is 0 Å². The molecule has 0 radical (unpaired) electrons. The molecule has 0 bridgehead atoms. The number of ether oxygens (including phenoxy) is 1. The Labute approximate surface area is 135 Å². The van der Waals surface area contributed by atoms with E-state index in [0.717, 1.165) is 5.52 Å². The van der Waals surface area contributed by atoms with Crippen LogP contribution in [0.2, 0.25) is 0 Å². The van der Waals surface area contributed by atoms with Gasteiger partial charge in [0, 0.05) is 32.1 Å². The summed E-state index contributed by atoms with van der Waals surface area (Å²) in [5, 5.41) is 11.0. The maximum atomic E-state index is 12.1. The molecular formula is C17H23N3O3. The summed E-state index contributed by atoms with van der Waals surface area (Å²) in [4.78, 5) is 18.2. The normalized spacial score (nSPS) is 18.2. The lowest BCUT2D eigenvalue weighted by Gasteiger charge is -2.37. The number of pyridine rings is 1. The van der Waals surface area contributed by atoms with Gasteiger partial charge < -0.3 is 19.1 Å². The lowest BCUT2D eigenvalue weighted by atomic mass is 9.90. The van der Waals surface area contributed by atoms with Crippen LogP contribution in [0.4, 0.5) is 4.79 Å². The Kier molecular flexibility index (Phi) is 3.80. The quantitative estimate of drug-likeness (QED) is 0.878. The number of nitrogens with zero attached hydrogens (tertiary/aromatic N) is 3. The van der Waals surface area contributed by atoms with Gasteiger partial charge in [-0.2, -0.15) is 0 Å². The highest BCUT2D eigenvalue weighted by molar-refractivity contribution is 5.68. The molecule has 1 fully saturated rings. The highest BCUT2D eigenvalue weighted by Crippen LogP contribution is 2.32. The Morgan fingerprint density at radius 2 is 2.00 bits per heavy atom. The first kappa shape index (κ1) is 15.8. The molecule has 0 unspecified atom stereocenters. The van der Waals surface area contributed by atoms with Crippen molar-refractivity contribution in [2.24, 2.45) is 0 Å². The SMILES string of the molecule is CC(C)(C)OC(=O)N1CCC(O)(c2ncc3ccccn23)CC1. The van der Waals surface area contributed by atoms with Crippen LogP contribution in [0.1, 0.15) is 39.4 Å². The minimum atomic E-state index is -1.02. The molecule has 2 aromatic rings. The predicted molar refractivity (Wildman–Crippen MR) is 86.1 cm³/mol. The molecule has 1 aliphatic heterocycles. The number of aromatic nitrogens is 2. The Morgan fingerprint density at radius 1 is 1.30 bits per heavy atom. The minimum absolute atomic E-state index is 0.326. The fourth-order valence-electron chi connectivity index (χ4n) is 2.90. The van der Waals surface area contributed by atoms with E-state index in [2.05, 4.69) is 4.98 Å². The van der Waals surface area contributed by atoms with Crippen molar-refractivity contribution in [2.45, 2.75) is 44.8 Å². The van der Waals surface area contributed by atoms with Gasteiger partial charge in [0.25, 0.3) is 0 Å². The molecule has 3 rings (SSSR count). The van der Waals surface area contributed by atoms with Crippen LogP contribution in [0.3, 0.4) is 0 Å². The standard InChI is InChI=1S/C17H23N3O3/c1-16(2,3)23-15(21)19-10-7-17(22,8-11-19)14-18-12-13-6-4-5-9-20(13)14/h4-6,9,12,22H,7-8,10-11H2,1-3H3. The van der Waals surface area contributed by atoms with E-state index in [1.165, 1.54) is 0 Å². The molecule has 0 spiro atoms. The van der Waals surface area contributed by atoms with E-state index >= 15 is 0 Å². The molecule has 1 saturated heterocycles. The second-order valence-electron chi connectivity index (χ2n) is 7.08. The first-order valence-electron chi connectivity index (χ1n) is 7.91. The number of aliphatic hydroxyl groups is 1. The first-order chi connectivity index (χ1) is 10.8. The van der Waals surface area contributed by atoms with Crippen LogP contribution in [0.25, 0.3) is 5.52 Å². The number of rotatable bonds is 1. The maximum Gasteiger partial charge on any atom is 0.410 e. The van der Waals surface area contributed by atoms with E-state index in [1.807, 2.05) is 49.6 Å². The van der Waals surface area contributed by atoms with E-state index in [9.17, 15) is 9.90 Å². The van der Waals surface area contributed by atoms with Crippen molar-refractivity contribution in [2.75, 3.05) is 13.1 Å². The van der Waals surface area contributed by atoms with Crippen molar-refractivity contribution in [3.8, 4) is 0 Å². The van der Waals surface area contributed by atoms with E-state index in [1.54, 1.807) is 11.1 Å². The van der Waals surface area contributed by atoms with Crippen molar-refractivity contribution in [1.82, 2.24) is 14.3 Å². The lowest BCUT2D eigenvalue weighted by molar-refractivity contribution is -0.0411. The second-order valence-corrected chi connectivity index (χ2v) is 7.08. The zero-order valence-corrected chi connectivity index (χ0v) is 13.8. The molecule has 1 amide bonds. The minimum Gasteiger partial charge on any atom is -0.444 e. The second kappa shape index (κ2) is 5.53. The van der Waals surface area contributed by atoms with Gasteiger partial charge in [-0.25, -0.2) is 9.78 Å². The molecule has 3 heterocycles. The van der Waals surface area contributed by atoms with Gasteiger partial charge in [-0.15, -0.1) is 0 Å². The maximum absolute atomic E-state index is 12.1. The highest BCUT2D eigenvalue weighted by Gasteiger charge is 2.39. The van der Waals surface area contributed by atoms with Gasteiger partial charge in [-0.1, -0.05) is 6.07 Å². The summed E-state index contributed by atoms with van der Waals surface area (Å²) in [6.45, 7) is 6.45. The molecular weight excluding hydrogens is 294 g/mol. The van der Waals surface area contributed by atoms with Crippen molar-refractivity contribution in [3.63, 3.8) is 0 Å². The van der Waals surface area contributed by atoms with Gasteiger partial charge in [0.15, 0.2) is 0 Å². The number of hydrogen-bond acceptors (Lipinski definition) is 4. The summed E-state index contributed by atoms with van der Waals surface area (Å²) in [5.74, 6) is 0.636. The number of fused-ring (bicyclic) bond motifs is 1. The fraction of sp³-hybridized carbons (Fsp3) is 0.529. The number of likely N-dealkylation sites (tertiary alicyclic amines) is 1. The highest BCUT2D eigenvalue weighted by atomic mass is 16.6. The van der Waals surface area contributed by atoms with Crippen LogP contribution in [0.15, 0.2) is 30.6 Å². The number of imidazole rings is 1. The third-order valence-electron chi connectivity index (χ3n) is 4.10. The summed E-state index contributed by atoms with van der Waals surface area (Å²) in [7, 11) is 0. The zero-order chi connectivity index (χ0) is 16.7. The van der Waals surface area contributed by atoms with E-state index in [4.69, 9.17) is 4.74 Å². The molecule has 124 valence electrons. The van der Waals surface area contributed by atoms with Gasteiger partial charge >= 0.3 is 6.09 Å². The molecule has 6 nitrogen and oxygen atoms in total. The van der Waals surface area contributed by atoms with Crippen LogP contribution >= 0.6 is 0 Å². The zero-order valence-electron chi connectivity index (χ0n) is 13.8. The van der Waals surface area contributed by atoms with Crippen LogP contribution < -0.4 is 0 Å². The Morgan fingerprint density at radius 3 is 2.65 bits per heavy atom. The third kappa shape index (κ3) is 3.17. The third-order valence-corrected chi connectivity index (χ3v) is 4.10. The van der Waals surface area contributed by atoms with E-state index in [-0.39, 0.29) is 6.09 Å². The largest absolute Gasteiger partial charge is 0.444 e. The van der Waals surface area contributed by atoms with Gasteiger partial charge in [-0.05, 0) is 32.9 Å². The average molecular weight is 317 g/mol. The monoisotopic (exact) mass is 317 g/mol. The summed E-state index contributed by atoms with van der Waals surface area (Å²) >= 11 is 0. The summed E-state index contributed by atoms with van der Waals surface area (Å²) in [6.07, 6.45) is 4.22. The number of carbonyl (C=O) groups excluding carboxylic acids is 1. The van der Waals surface area contributed by atoms with Crippen molar-refractivity contribution in [3.05, 3.63) is 36.4 Å². The van der Waals surface area contributed by atoms with E-state index in [0.29, 0.717) is 31.8 Å². The van der Waals surface area contributed by atoms with Gasteiger partial charge in [-0.3, -0.25) is 0 Å². The molecule has 0 atom stereocenters. The molecule has 1 N–H and O–H groups in total. The Hall–Kier alpha value is -2.08.